The van der Waals surface area contributed by atoms with Crippen molar-refractivity contribution in [2.24, 2.45) is 0 Å². The summed E-state index contributed by atoms with van der Waals surface area (Å²) in [7, 11) is 0. The molecule has 0 fully saturated rings. The number of nitrogens with zero attached hydrogens (tertiary/aromatic N) is 2. The number of aryl methyl sites for hydroxylation is 1. The Morgan fingerprint density at radius 3 is 2.69 bits per heavy atom. The zero-order valence-corrected chi connectivity index (χ0v) is 17.5. The molecule has 0 radical (unpaired) electrons. The molecule has 1 aliphatic heterocycles. The standard InChI is InChI=1S/C24H19ClN2OS/c1-16-4-2-3-5-19(16)21-14-27(15-22-20(21)12-23(25)29-22)24(28)11-10-17-6-8-18(13-26)9-7-17/h2-12,21H,14-15H2,1H3/b11-10+. The largest absolute Gasteiger partial charge is 0.333 e. The Hall–Kier alpha value is -2.87. The summed E-state index contributed by atoms with van der Waals surface area (Å²) in [6.45, 7) is 3.31. The normalized spacial score (nSPS) is 15.9. The first kappa shape index (κ1) is 19.4. The van der Waals surface area contributed by atoms with E-state index in [2.05, 4.69) is 25.1 Å². The Bertz CT molecular complexity index is 1120. The smallest absolute Gasteiger partial charge is 0.246 e. The number of carbonyl (C=O) groups excluding carboxylic acids is 1. The second-order valence-corrected chi connectivity index (χ2v) is 8.89. The molecule has 0 saturated carbocycles. The van der Waals surface area contributed by atoms with Crippen molar-refractivity contribution in [2.45, 2.75) is 19.4 Å². The van der Waals surface area contributed by atoms with Crippen LogP contribution < -0.4 is 0 Å². The molecule has 0 aliphatic carbocycles. The summed E-state index contributed by atoms with van der Waals surface area (Å²) in [5.74, 6) is 0.0964. The van der Waals surface area contributed by atoms with Crippen LogP contribution in [0.4, 0.5) is 0 Å². The third kappa shape index (κ3) is 4.12. The Labute approximate surface area is 179 Å². The van der Waals surface area contributed by atoms with Crippen molar-refractivity contribution in [1.82, 2.24) is 4.90 Å². The van der Waals surface area contributed by atoms with Crippen LogP contribution in [0.5, 0.6) is 0 Å². The molecule has 0 saturated heterocycles. The quantitative estimate of drug-likeness (QED) is 0.507. The maximum atomic E-state index is 12.9. The van der Waals surface area contributed by atoms with Gasteiger partial charge in [-0.15, -0.1) is 11.3 Å². The molecule has 5 heteroatoms. The van der Waals surface area contributed by atoms with E-state index in [4.69, 9.17) is 16.9 Å². The molecule has 3 aromatic rings. The van der Waals surface area contributed by atoms with Crippen LogP contribution in [0.25, 0.3) is 6.08 Å². The molecule has 1 amide bonds. The predicted octanol–water partition coefficient (Wildman–Crippen LogP) is 5.77. The Morgan fingerprint density at radius 1 is 1.21 bits per heavy atom. The molecule has 0 bridgehead atoms. The van der Waals surface area contributed by atoms with Crippen LogP contribution in [-0.4, -0.2) is 17.4 Å². The van der Waals surface area contributed by atoms with Crippen molar-refractivity contribution in [3.05, 3.63) is 97.7 Å². The van der Waals surface area contributed by atoms with Crippen molar-refractivity contribution in [1.29, 1.82) is 5.26 Å². The second-order valence-electron chi connectivity index (χ2n) is 7.12. The Kier molecular flexibility index (Phi) is 5.53. The molecule has 1 aliphatic rings. The van der Waals surface area contributed by atoms with E-state index >= 15 is 0 Å². The third-order valence-electron chi connectivity index (χ3n) is 5.26. The Balaban J connectivity index is 1.60. The summed E-state index contributed by atoms with van der Waals surface area (Å²) in [4.78, 5) is 16.0. The molecular formula is C24H19ClN2OS. The molecule has 1 atom stereocenters. The molecule has 0 N–H and O–H groups in total. The first-order chi connectivity index (χ1) is 14.0. The van der Waals surface area contributed by atoms with Crippen LogP contribution in [0.15, 0.2) is 60.7 Å². The fraction of sp³-hybridized carbons (Fsp3) is 0.167. The highest BCUT2D eigenvalue weighted by Gasteiger charge is 2.31. The lowest BCUT2D eigenvalue weighted by atomic mass is 9.86. The van der Waals surface area contributed by atoms with Gasteiger partial charge in [0, 0.05) is 23.4 Å². The summed E-state index contributed by atoms with van der Waals surface area (Å²) in [5, 5.41) is 8.90. The highest BCUT2D eigenvalue weighted by atomic mass is 35.5. The number of rotatable bonds is 3. The Morgan fingerprint density at radius 2 is 1.97 bits per heavy atom. The van der Waals surface area contributed by atoms with Gasteiger partial charge >= 0.3 is 0 Å². The SMILES string of the molecule is Cc1ccccc1C1CN(C(=O)/C=C/c2ccc(C#N)cc2)Cc2sc(Cl)cc21. The minimum absolute atomic E-state index is 0.0249. The monoisotopic (exact) mass is 418 g/mol. The van der Waals surface area contributed by atoms with Gasteiger partial charge in [-0.1, -0.05) is 48.0 Å². The molecule has 1 unspecified atom stereocenters. The lowest BCUT2D eigenvalue weighted by Crippen LogP contribution is -2.37. The van der Waals surface area contributed by atoms with Crippen molar-refractivity contribution in [2.75, 3.05) is 6.54 Å². The van der Waals surface area contributed by atoms with Crippen molar-refractivity contribution in [3.63, 3.8) is 0 Å². The topological polar surface area (TPSA) is 44.1 Å². The van der Waals surface area contributed by atoms with E-state index in [-0.39, 0.29) is 11.8 Å². The zero-order valence-electron chi connectivity index (χ0n) is 15.9. The number of nitriles is 1. The minimum Gasteiger partial charge on any atom is -0.333 e. The van der Waals surface area contributed by atoms with Crippen molar-refractivity contribution in [3.8, 4) is 6.07 Å². The van der Waals surface area contributed by atoms with E-state index in [0.717, 1.165) is 14.8 Å². The fourth-order valence-electron chi connectivity index (χ4n) is 3.74. The van der Waals surface area contributed by atoms with Crippen LogP contribution in [-0.2, 0) is 11.3 Å². The van der Waals surface area contributed by atoms with E-state index in [1.54, 1.807) is 35.6 Å². The number of thiophene rings is 1. The molecule has 2 heterocycles. The maximum absolute atomic E-state index is 12.9. The highest BCUT2D eigenvalue weighted by Crippen LogP contribution is 2.40. The average Bonchev–Trinajstić information content (AvgIpc) is 3.12. The van der Waals surface area contributed by atoms with E-state index in [1.807, 2.05) is 35.2 Å². The number of benzene rings is 2. The van der Waals surface area contributed by atoms with Gasteiger partial charge in [0.2, 0.25) is 5.91 Å². The average molecular weight is 419 g/mol. The lowest BCUT2D eigenvalue weighted by molar-refractivity contribution is -0.127. The third-order valence-corrected chi connectivity index (χ3v) is 6.52. The number of fused-ring (bicyclic) bond motifs is 1. The first-order valence-corrected chi connectivity index (χ1v) is 10.6. The zero-order chi connectivity index (χ0) is 20.4. The van der Waals surface area contributed by atoms with Crippen LogP contribution in [0, 0.1) is 18.3 Å². The van der Waals surface area contributed by atoms with E-state index in [0.29, 0.717) is 18.7 Å². The van der Waals surface area contributed by atoms with Crippen LogP contribution >= 0.6 is 22.9 Å². The van der Waals surface area contributed by atoms with Gasteiger partial charge < -0.3 is 4.90 Å². The van der Waals surface area contributed by atoms with Gasteiger partial charge in [0.15, 0.2) is 0 Å². The first-order valence-electron chi connectivity index (χ1n) is 9.36. The molecule has 144 valence electrons. The van der Waals surface area contributed by atoms with Gasteiger partial charge in [0.25, 0.3) is 0 Å². The predicted molar refractivity (Wildman–Crippen MR) is 118 cm³/mol. The molecule has 3 nitrogen and oxygen atoms in total. The van der Waals surface area contributed by atoms with Crippen molar-refractivity contribution >= 4 is 34.9 Å². The van der Waals surface area contributed by atoms with Gasteiger partial charge in [0.1, 0.15) is 0 Å². The number of halogens is 1. The van der Waals surface area contributed by atoms with Gasteiger partial charge in [-0.3, -0.25) is 4.79 Å². The number of carbonyl (C=O) groups is 1. The summed E-state index contributed by atoms with van der Waals surface area (Å²) in [5.41, 5.74) is 5.18. The maximum Gasteiger partial charge on any atom is 0.246 e. The molecular weight excluding hydrogens is 400 g/mol. The molecule has 0 spiro atoms. The van der Waals surface area contributed by atoms with Crippen LogP contribution in [0.1, 0.15) is 38.6 Å². The molecule has 1 aromatic heterocycles. The molecule has 29 heavy (non-hydrogen) atoms. The summed E-state index contributed by atoms with van der Waals surface area (Å²) >= 11 is 7.87. The van der Waals surface area contributed by atoms with Crippen LogP contribution in [0.3, 0.4) is 0 Å². The summed E-state index contributed by atoms with van der Waals surface area (Å²) < 4.78 is 0.760. The summed E-state index contributed by atoms with van der Waals surface area (Å²) in [6.07, 6.45) is 3.40. The van der Waals surface area contributed by atoms with Gasteiger partial charge in [-0.2, -0.15) is 5.26 Å². The summed E-state index contributed by atoms with van der Waals surface area (Å²) in [6, 6.07) is 19.6. The van der Waals surface area contributed by atoms with E-state index < -0.39 is 0 Å². The fourth-order valence-corrected chi connectivity index (χ4v) is 5.09. The number of hydrogen-bond acceptors (Lipinski definition) is 3. The molecule has 4 rings (SSSR count). The van der Waals surface area contributed by atoms with E-state index in [1.165, 1.54) is 16.7 Å². The molecule has 2 aromatic carbocycles. The van der Waals surface area contributed by atoms with Crippen molar-refractivity contribution < 1.29 is 4.79 Å². The van der Waals surface area contributed by atoms with Gasteiger partial charge in [-0.25, -0.2) is 0 Å². The van der Waals surface area contributed by atoms with E-state index in [9.17, 15) is 4.79 Å². The number of amides is 1. The lowest BCUT2D eigenvalue weighted by Gasteiger charge is -2.33. The van der Waals surface area contributed by atoms with Gasteiger partial charge in [0.05, 0.1) is 22.5 Å². The van der Waals surface area contributed by atoms with Crippen LogP contribution in [0.2, 0.25) is 4.34 Å². The minimum atomic E-state index is -0.0249. The second kappa shape index (κ2) is 8.24. The number of hydrogen-bond donors (Lipinski definition) is 0. The van der Waals surface area contributed by atoms with Gasteiger partial charge in [-0.05, 0) is 53.5 Å². The highest BCUT2D eigenvalue weighted by molar-refractivity contribution is 7.16.